The number of hydrogen-bond donors (Lipinski definition) is 2. The molecule has 0 aliphatic carbocycles. The summed E-state index contributed by atoms with van der Waals surface area (Å²) in [5.74, 6) is 0.383. The lowest BCUT2D eigenvalue weighted by Crippen LogP contribution is -2.05. The maximum atomic E-state index is 8.84. The SMILES string of the molecule is OCCOc1ncccc1CO. The Morgan fingerprint density at radius 1 is 1.42 bits per heavy atom. The van der Waals surface area contributed by atoms with E-state index in [2.05, 4.69) is 4.98 Å². The molecule has 0 atom stereocenters. The van der Waals surface area contributed by atoms with Gasteiger partial charge in [-0.1, -0.05) is 0 Å². The van der Waals surface area contributed by atoms with Gasteiger partial charge in [-0.2, -0.15) is 0 Å². The molecule has 0 spiro atoms. The first-order chi connectivity index (χ1) is 5.88. The van der Waals surface area contributed by atoms with Gasteiger partial charge in [0.05, 0.1) is 13.2 Å². The monoisotopic (exact) mass is 169 g/mol. The number of ether oxygens (including phenoxy) is 1. The Labute approximate surface area is 70.4 Å². The van der Waals surface area contributed by atoms with Crippen LogP contribution in [0, 0.1) is 0 Å². The van der Waals surface area contributed by atoms with E-state index >= 15 is 0 Å². The van der Waals surface area contributed by atoms with E-state index in [4.69, 9.17) is 14.9 Å². The van der Waals surface area contributed by atoms with E-state index in [-0.39, 0.29) is 19.8 Å². The highest BCUT2D eigenvalue weighted by Gasteiger charge is 2.01. The Kier molecular flexibility index (Phi) is 3.50. The van der Waals surface area contributed by atoms with E-state index in [1.54, 1.807) is 18.3 Å². The summed E-state index contributed by atoms with van der Waals surface area (Å²) in [7, 11) is 0. The van der Waals surface area contributed by atoms with E-state index in [9.17, 15) is 0 Å². The molecule has 1 aromatic heterocycles. The van der Waals surface area contributed by atoms with Crippen molar-refractivity contribution in [3.8, 4) is 5.88 Å². The molecule has 1 heterocycles. The summed E-state index contributed by atoms with van der Waals surface area (Å²) in [5, 5.41) is 17.3. The standard InChI is InChI=1S/C8H11NO3/c10-4-5-12-8-7(6-11)2-1-3-9-8/h1-3,10-11H,4-6H2. The summed E-state index contributed by atoms with van der Waals surface area (Å²) in [6.45, 7) is 0.0417. The summed E-state index contributed by atoms with van der Waals surface area (Å²) in [5.41, 5.74) is 0.631. The van der Waals surface area contributed by atoms with Gasteiger partial charge < -0.3 is 14.9 Å². The van der Waals surface area contributed by atoms with Gasteiger partial charge in [-0.3, -0.25) is 0 Å². The van der Waals surface area contributed by atoms with Gasteiger partial charge in [0, 0.05) is 11.8 Å². The van der Waals surface area contributed by atoms with Crippen LogP contribution < -0.4 is 4.74 Å². The summed E-state index contributed by atoms with van der Waals surface area (Å²) in [6.07, 6.45) is 1.58. The van der Waals surface area contributed by atoms with Crippen LogP contribution in [0.3, 0.4) is 0 Å². The maximum absolute atomic E-state index is 8.84. The number of nitrogens with zero attached hydrogens (tertiary/aromatic N) is 1. The van der Waals surface area contributed by atoms with Crippen molar-refractivity contribution in [3.63, 3.8) is 0 Å². The van der Waals surface area contributed by atoms with E-state index in [1.807, 2.05) is 0 Å². The zero-order valence-electron chi connectivity index (χ0n) is 6.60. The van der Waals surface area contributed by atoms with E-state index in [0.717, 1.165) is 0 Å². The lowest BCUT2D eigenvalue weighted by atomic mass is 10.3. The fourth-order valence-corrected chi connectivity index (χ4v) is 0.817. The number of aliphatic hydroxyl groups excluding tert-OH is 2. The van der Waals surface area contributed by atoms with Gasteiger partial charge in [0.25, 0.3) is 0 Å². The molecule has 1 aromatic rings. The third-order valence-corrected chi connectivity index (χ3v) is 1.35. The molecule has 0 saturated heterocycles. The van der Waals surface area contributed by atoms with Crippen LogP contribution in [-0.4, -0.2) is 28.4 Å². The second-order valence-electron chi connectivity index (χ2n) is 2.20. The molecule has 0 unspecified atom stereocenters. The minimum absolute atomic E-state index is 0.0541. The average Bonchev–Trinajstić information content (AvgIpc) is 2.15. The number of aliphatic hydroxyl groups is 2. The smallest absolute Gasteiger partial charge is 0.218 e. The average molecular weight is 169 g/mol. The molecule has 0 amide bonds. The Morgan fingerprint density at radius 3 is 2.92 bits per heavy atom. The van der Waals surface area contributed by atoms with Crippen LogP contribution in [0.4, 0.5) is 0 Å². The summed E-state index contributed by atoms with van der Waals surface area (Å²) >= 11 is 0. The highest BCUT2D eigenvalue weighted by atomic mass is 16.5. The highest BCUT2D eigenvalue weighted by molar-refractivity contribution is 5.24. The van der Waals surface area contributed by atoms with Crippen molar-refractivity contribution in [3.05, 3.63) is 23.9 Å². The number of aromatic nitrogens is 1. The van der Waals surface area contributed by atoms with Gasteiger partial charge in [0.15, 0.2) is 0 Å². The van der Waals surface area contributed by atoms with Gasteiger partial charge in [-0.15, -0.1) is 0 Å². The Balaban J connectivity index is 2.68. The third-order valence-electron chi connectivity index (χ3n) is 1.35. The zero-order valence-corrected chi connectivity index (χ0v) is 6.60. The van der Waals surface area contributed by atoms with E-state index in [1.165, 1.54) is 0 Å². The lowest BCUT2D eigenvalue weighted by molar-refractivity contribution is 0.190. The van der Waals surface area contributed by atoms with Crippen molar-refractivity contribution in [2.75, 3.05) is 13.2 Å². The van der Waals surface area contributed by atoms with Crippen LogP contribution in [0.5, 0.6) is 5.88 Å². The van der Waals surface area contributed by atoms with Crippen LogP contribution in [0.1, 0.15) is 5.56 Å². The van der Waals surface area contributed by atoms with Crippen LogP contribution in [0.2, 0.25) is 0 Å². The topological polar surface area (TPSA) is 62.6 Å². The Bertz CT molecular complexity index is 239. The molecule has 0 aliphatic rings. The molecule has 66 valence electrons. The van der Waals surface area contributed by atoms with Crippen molar-refractivity contribution < 1.29 is 14.9 Å². The second-order valence-corrected chi connectivity index (χ2v) is 2.20. The normalized spacial score (nSPS) is 9.83. The summed E-state index contributed by atoms with van der Waals surface area (Å²) in [6, 6.07) is 3.44. The third kappa shape index (κ3) is 2.18. The van der Waals surface area contributed by atoms with Gasteiger partial charge in [-0.05, 0) is 12.1 Å². The lowest BCUT2D eigenvalue weighted by Gasteiger charge is -2.05. The van der Waals surface area contributed by atoms with E-state index < -0.39 is 0 Å². The van der Waals surface area contributed by atoms with Crippen molar-refractivity contribution >= 4 is 0 Å². The zero-order chi connectivity index (χ0) is 8.81. The molecule has 0 aliphatic heterocycles. The van der Waals surface area contributed by atoms with E-state index in [0.29, 0.717) is 11.4 Å². The molecule has 12 heavy (non-hydrogen) atoms. The molecule has 1 rings (SSSR count). The number of hydrogen-bond acceptors (Lipinski definition) is 4. The van der Waals surface area contributed by atoms with Crippen LogP contribution in [0.15, 0.2) is 18.3 Å². The molecular formula is C8H11NO3. The Hall–Kier alpha value is -1.13. The summed E-state index contributed by atoms with van der Waals surface area (Å²) in [4.78, 5) is 3.89. The van der Waals surface area contributed by atoms with Gasteiger partial charge in [0.1, 0.15) is 6.61 Å². The predicted octanol–water partition coefficient (Wildman–Crippen LogP) is -0.0550. The van der Waals surface area contributed by atoms with Crippen molar-refractivity contribution in [2.45, 2.75) is 6.61 Å². The number of rotatable bonds is 4. The first kappa shape index (κ1) is 8.96. The molecule has 0 bridgehead atoms. The highest BCUT2D eigenvalue weighted by Crippen LogP contribution is 2.13. The maximum Gasteiger partial charge on any atom is 0.218 e. The molecule has 0 saturated carbocycles. The minimum Gasteiger partial charge on any atom is -0.475 e. The van der Waals surface area contributed by atoms with Gasteiger partial charge >= 0.3 is 0 Å². The first-order valence-electron chi connectivity index (χ1n) is 3.67. The largest absolute Gasteiger partial charge is 0.475 e. The summed E-state index contributed by atoms with van der Waals surface area (Å²) < 4.78 is 5.06. The molecule has 2 N–H and O–H groups in total. The fourth-order valence-electron chi connectivity index (χ4n) is 0.817. The fraction of sp³-hybridized carbons (Fsp3) is 0.375. The van der Waals surface area contributed by atoms with Gasteiger partial charge in [-0.25, -0.2) is 4.98 Å². The first-order valence-corrected chi connectivity index (χ1v) is 3.67. The molecule has 0 fully saturated rings. The van der Waals surface area contributed by atoms with Crippen LogP contribution >= 0.6 is 0 Å². The van der Waals surface area contributed by atoms with Crippen molar-refractivity contribution in [1.29, 1.82) is 0 Å². The predicted molar refractivity (Wildman–Crippen MR) is 42.7 cm³/mol. The molecule has 4 heteroatoms. The minimum atomic E-state index is -0.103. The molecule has 0 aromatic carbocycles. The molecule has 4 nitrogen and oxygen atoms in total. The van der Waals surface area contributed by atoms with Crippen molar-refractivity contribution in [1.82, 2.24) is 4.98 Å². The van der Waals surface area contributed by atoms with Crippen LogP contribution in [-0.2, 0) is 6.61 Å². The number of pyridine rings is 1. The second kappa shape index (κ2) is 4.69. The molecule has 0 radical (unpaired) electrons. The molecular weight excluding hydrogens is 158 g/mol. The Morgan fingerprint density at radius 2 is 2.25 bits per heavy atom. The quantitative estimate of drug-likeness (QED) is 0.663. The van der Waals surface area contributed by atoms with Gasteiger partial charge in [0.2, 0.25) is 5.88 Å². The van der Waals surface area contributed by atoms with Crippen molar-refractivity contribution in [2.24, 2.45) is 0 Å². The van der Waals surface area contributed by atoms with Crippen LogP contribution in [0.25, 0.3) is 0 Å².